The lowest BCUT2D eigenvalue weighted by atomic mass is 10.1. The Hall–Kier alpha value is -1.14. The number of aromatic nitrogens is 2. The largest absolute Gasteiger partial charge is 1.00 e. The number of fused-ring (bicyclic) bond motifs is 1. The van der Waals surface area contributed by atoms with Gasteiger partial charge in [-0.1, -0.05) is 51.3 Å². The van der Waals surface area contributed by atoms with Crippen LogP contribution >= 0.6 is 39.1 Å². The third-order valence-corrected chi connectivity index (χ3v) is 5.96. The molecule has 0 aliphatic carbocycles. The van der Waals surface area contributed by atoms with Gasteiger partial charge in [0.2, 0.25) is 5.78 Å². The molecule has 0 N–H and O–H groups in total. The van der Waals surface area contributed by atoms with E-state index in [2.05, 4.69) is 31.3 Å². The Bertz CT molecular complexity index is 1000. The standard InChI is InChI=1S/C20H16BrCl2N2O.BrH/c21-15-6-3-13(4-7-15)19(26)12-25-18(11-24-9-1-2-20(24)25)14-5-8-16(22)17(23)10-14;/h3-8,10-11H,1-2,9,12H2;1H/q+1;/p-1. The maximum absolute atomic E-state index is 12.8. The number of imidazole rings is 1. The molecule has 7 heteroatoms. The van der Waals surface area contributed by atoms with Crippen LogP contribution in [0.4, 0.5) is 0 Å². The van der Waals surface area contributed by atoms with E-state index in [1.807, 2.05) is 36.4 Å². The topological polar surface area (TPSA) is 25.9 Å². The van der Waals surface area contributed by atoms with Crippen molar-refractivity contribution in [2.75, 3.05) is 0 Å². The molecule has 0 bridgehead atoms. The van der Waals surface area contributed by atoms with E-state index in [1.165, 1.54) is 5.82 Å². The Balaban J connectivity index is 0.00000210. The van der Waals surface area contributed by atoms with E-state index in [1.54, 1.807) is 6.07 Å². The number of halogens is 4. The fraction of sp³-hybridized carbons (Fsp3) is 0.200. The number of hydrogen-bond donors (Lipinski definition) is 0. The van der Waals surface area contributed by atoms with Crippen molar-refractivity contribution in [3.8, 4) is 11.3 Å². The first-order chi connectivity index (χ1) is 12.5. The molecule has 27 heavy (non-hydrogen) atoms. The third-order valence-electron chi connectivity index (χ3n) is 4.69. The van der Waals surface area contributed by atoms with Crippen LogP contribution in [0.3, 0.4) is 0 Å². The zero-order valence-corrected chi connectivity index (χ0v) is 18.9. The number of nitrogens with zero attached hydrogens (tertiary/aromatic N) is 2. The Morgan fingerprint density at radius 3 is 2.56 bits per heavy atom. The van der Waals surface area contributed by atoms with E-state index in [-0.39, 0.29) is 22.8 Å². The minimum absolute atomic E-state index is 0. The van der Waals surface area contributed by atoms with Crippen molar-refractivity contribution in [1.29, 1.82) is 0 Å². The molecule has 140 valence electrons. The average Bonchev–Trinajstić information content (AvgIpc) is 3.20. The van der Waals surface area contributed by atoms with Crippen molar-refractivity contribution >= 4 is 44.9 Å². The van der Waals surface area contributed by atoms with E-state index in [0.29, 0.717) is 22.2 Å². The van der Waals surface area contributed by atoms with Crippen LogP contribution in [0.25, 0.3) is 11.3 Å². The second-order valence-corrected chi connectivity index (χ2v) is 8.10. The maximum atomic E-state index is 12.8. The molecule has 2 aromatic carbocycles. The monoisotopic (exact) mass is 528 g/mol. The molecule has 0 fully saturated rings. The lowest BCUT2D eigenvalue weighted by Gasteiger charge is -2.06. The highest BCUT2D eigenvalue weighted by molar-refractivity contribution is 9.10. The van der Waals surface area contributed by atoms with Gasteiger partial charge in [0.25, 0.3) is 5.82 Å². The van der Waals surface area contributed by atoms with Crippen LogP contribution in [0.15, 0.2) is 53.1 Å². The van der Waals surface area contributed by atoms with Gasteiger partial charge in [-0.15, -0.1) is 0 Å². The first kappa shape index (κ1) is 20.6. The molecule has 1 aromatic heterocycles. The summed E-state index contributed by atoms with van der Waals surface area (Å²) in [5, 5.41) is 1.04. The molecule has 2 heterocycles. The van der Waals surface area contributed by atoms with Crippen molar-refractivity contribution in [1.82, 2.24) is 4.57 Å². The first-order valence-corrected chi connectivity index (χ1v) is 9.94. The van der Waals surface area contributed by atoms with Crippen LogP contribution in [0.2, 0.25) is 10.0 Å². The first-order valence-electron chi connectivity index (χ1n) is 8.39. The lowest BCUT2D eigenvalue weighted by Crippen LogP contribution is -3.00. The maximum Gasteiger partial charge on any atom is 0.257 e. The lowest BCUT2D eigenvalue weighted by molar-refractivity contribution is -0.690. The molecule has 0 spiro atoms. The molecular formula is C20H16Br2Cl2N2O. The number of aryl methyl sites for hydroxylation is 1. The quantitative estimate of drug-likeness (QED) is 0.376. The zero-order chi connectivity index (χ0) is 18.3. The molecule has 0 amide bonds. The predicted octanol–water partition coefficient (Wildman–Crippen LogP) is 2.34. The van der Waals surface area contributed by atoms with Crippen LogP contribution in [0.5, 0.6) is 0 Å². The summed E-state index contributed by atoms with van der Waals surface area (Å²) < 4.78 is 5.30. The van der Waals surface area contributed by atoms with Gasteiger partial charge in [-0.2, -0.15) is 0 Å². The van der Waals surface area contributed by atoms with Crippen molar-refractivity contribution in [2.24, 2.45) is 0 Å². The highest BCUT2D eigenvalue weighted by Gasteiger charge is 2.29. The SMILES string of the molecule is O=C(Cn1c(-c2ccc(Cl)c(Cl)c2)c[n+]2c1CCC2)c1ccc(Br)cc1.[Br-]. The predicted molar refractivity (Wildman–Crippen MR) is 107 cm³/mol. The average molecular weight is 531 g/mol. The summed E-state index contributed by atoms with van der Waals surface area (Å²) in [6, 6.07) is 13.1. The van der Waals surface area contributed by atoms with Gasteiger partial charge in [-0.25, -0.2) is 9.13 Å². The van der Waals surface area contributed by atoms with Crippen molar-refractivity contribution < 1.29 is 26.3 Å². The third kappa shape index (κ3) is 4.16. The Morgan fingerprint density at radius 2 is 1.85 bits per heavy atom. The molecule has 0 atom stereocenters. The van der Waals surface area contributed by atoms with Crippen LogP contribution in [0.1, 0.15) is 22.6 Å². The molecule has 0 saturated heterocycles. The summed E-state index contributed by atoms with van der Waals surface area (Å²) in [6.07, 6.45) is 4.18. The number of carbonyl (C=O) groups excluding carboxylic acids is 1. The molecule has 4 rings (SSSR count). The van der Waals surface area contributed by atoms with E-state index in [4.69, 9.17) is 23.2 Å². The fourth-order valence-electron chi connectivity index (χ4n) is 3.40. The smallest absolute Gasteiger partial charge is 0.257 e. The van der Waals surface area contributed by atoms with Gasteiger partial charge < -0.3 is 17.0 Å². The Kier molecular flexibility index (Phi) is 6.46. The van der Waals surface area contributed by atoms with E-state index >= 15 is 0 Å². The summed E-state index contributed by atoms with van der Waals surface area (Å²) >= 11 is 15.7. The van der Waals surface area contributed by atoms with Gasteiger partial charge in [0, 0.05) is 15.6 Å². The van der Waals surface area contributed by atoms with E-state index < -0.39 is 0 Å². The Morgan fingerprint density at radius 1 is 1.11 bits per heavy atom. The van der Waals surface area contributed by atoms with Gasteiger partial charge in [-0.05, 0) is 36.8 Å². The summed E-state index contributed by atoms with van der Waals surface area (Å²) in [6.45, 7) is 1.28. The van der Waals surface area contributed by atoms with Gasteiger partial charge >= 0.3 is 0 Å². The van der Waals surface area contributed by atoms with Crippen LogP contribution in [-0.2, 0) is 19.5 Å². The molecule has 3 nitrogen and oxygen atoms in total. The number of benzene rings is 2. The minimum Gasteiger partial charge on any atom is -1.00 e. The molecule has 1 aliphatic heterocycles. The number of hydrogen-bond acceptors (Lipinski definition) is 1. The fourth-order valence-corrected chi connectivity index (χ4v) is 3.96. The number of Topliss-reactive ketones (excluding diaryl/α,β-unsaturated/α-hetero) is 1. The van der Waals surface area contributed by atoms with Crippen molar-refractivity contribution in [3.63, 3.8) is 0 Å². The molecule has 0 unspecified atom stereocenters. The van der Waals surface area contributed by atoms with Crippen molar-refractivity contribution in [3.05, 3.63) is 74.6 Å². The van der Waals surface area contributed by atoms with Crippen LogP contribution in [-0.4, -0.2) is 10.4 Å². The molecule has 0 saturated carbocycles. The summed E-state index contributed by atoms with van der Waals surface area (Å²) in [5.41, 5.74) is 2.66. The van der Waals surface area contributed by atoms with Crippen LogP contribution < -0.4 is 21.5 Å². The zero-order valence-electron chi connectivity index (χ0n) is 14.3. The van der Waals surface area contributed by atoms with Gasteiger partial charge in [0.05, 0.1) is 23.0 Å². The number of carbonyl (C=O) groups is 1. The molecule has 0 radical (unpaired) electrons. The summed E-state index contributed by atoms with van der Waals surface area (Å²) in [7, 11) is 0. The van der Waals surface area contributed by atoms with Crippen molar-refractivity contribution in [2.45, 2.75) is 25.9 Å². The number of ketones is 1. The molecular weight excluding hydrogens is 515 g/mol. The minimum atomic E-state index is 0. The van der Waals surface area contributed by atoms with Gasteiger partial charge in [-0.3, -0.25) is 4.79 Å². The summed E-state index contributed by atoms with van der Waals surface area (Å²) in [4.78, 5) is 12.8. The van der Waals surface area contributed by atoms with E-state index in [0.717, 1.165) is 35.1 Å². The normalized spacial score (nSPS) is 12.6. The summed E-state index contributed by atoms with van der Waals surface area (Å²) in [5.74, 6) is 1.27. The second-order valence-electron chi connectivity index (χ2n) is 6.37. The highest BCUT2D eigenvalue weighted by atomic mass is 79.9. The van der Waals surface area contributed by atoms with Gasteiger partial charge in [0.1, 0.15) is 6.20 Å². The highest BCUT2D eigenvalue weighted by Crippen LogP contribution is 2.30. The Labute approximate surface area is 186 Å². The molecule has 3 aromatic rings. The number of rotatable bonds is 4. The second kappa shape index (κ2) is 8.48. The molecule has 1 aliphatic rings. The van der Waals surface area contributed by atoms with Gasteiger partial charge in [0.15, 0.2) is 12.2 Å². The van der Waals surface area contributed by atoms with E-state index in [9.17, 15) is 4.79 Å². The van der Waals surface area contributed by atoms with Crippen LogP contribution in [0, 0.1) is 0 Å².